The van der Waals surface area contributed by atoms with Crippen molar-refractivity contribution in [3.63, 3.8) is 0 Å². The van der Waals surface area contributed by atoms with Crippen LogP contribution in [0.5, 0.6) is 0 Å². The molecule has 0 aromatic carbocycles. The van der Waals surface area contributed by atoms with Crippen LogP contribution in [0.3, 0.4) is 0 Å². The summed E-state index contributed by atoms with van der Waals surface area (Å²) in [5.74, 6) is -0.232. The molecule has 1 aliphatic rings. The van der Waals surface area contributed by atoms with Crippen LogP contribution in [-0.2, 0) is 19.4 Å². The minimum absolute atomic E-state index is 0.0111. The smallest absolute Gasteiger partial charge is 0.245 e. The maximum atomic E-state index is 11.7. The van der Waals surface area contributed by atoms with E-state index in [-0.39, 0.29) is 29.9 Å². The molecule has 0 unspecified atom stereocenters. The minimum atomic E-state index is -3.03. The molecule has 1 heterocycles. The Morgan fingerprint density at radius 2 is 1.94 bits per heavy atom. The molecular weight excluding hydrogens is 256 g/mol. The topological polar surface area (TPSA) is 83.6 Å². The fraction of sp³-hybridized carbons (Fsp3) is 0.818. The van der Waals surface area contributed by atoms with Crippen molar-refractivity contribution in [2.45, 2.75) is 32.7 Å². The van der Waals surface area contributed by atoms with Gasteiger partial charge in [-0.2, -0.15) is 0 Å². The van der Waals surface area contributed by atoms with E-state index in [4.69, 9.17) is 0 Å². The molecular formula is C11H20N2O4S. The lowest BCUT2D eigenvalue weighted by molar-refractivity contribution is -0.151. The summed E-state index contributed by atoms with van der Waals surface area (Å²) >= 11 is 0. The molecule has 0 aromatic rings. The molecule has 0 spiro atoms. The molecule has 1 rings (SSSR count). The number of rotatable bonds is 5. The van der Waals surface area contributed by atoms with E-state index in [1.807, 2.05) is 0 Å². The van der Waals surface area contributed by atoms with E-state index in [1.165, 1.54) is 4.90 Å². The van der Waals surface area contributed by atoms with Crippen LogP contribution in [0.4, 0.5) is 0 Å². The average molecular weight is 276 g/mol. The third-order valence-electron chi connectivity index (χ3n) is 3.21. The molecule has 6 nitrogen and oxygen atoms in total. The van der Waals surface area contributed by atoms with E-state index in [2.05, 4.69) is 5.32 Å². The Bertz CT molecular complexity index is 442. The quantitative estimate of drug-likeness (QED) is 0.737. The zero-order chi connectivity index (χ0) is 14.0. The predicted octanol–water partition coefficient (Wildman–Crippen LogP) is -0.452. The van der Waals surface area contributed by atoms with Crippen molar-refractivity contribution < 1.29 is 18.0 Å². The number of carbonyl (C=O) groups excluding carboxylic acids is 2. The van der Waals surface area contributed by atoms with Gasteiger partial charge < -0.3 is 10.2 Å². The SMILES string of the molecule is CCS(=O)(=O)CCCN1C(=O)CNC(=O)C1(C)C. The summed E-state index contributed by atoms with van der Waals surface area (Å²) in [5.41, 5.74) is -0.911. The number of amides is 2. The normalized spacial score (nSPS) is 19.8. The molecule has 1 N–H and O–H groups in total. The van der Waals surface area contributed by atoms with Crippen molar-refractivity contribution in [3.05, 3.63) is 0 Å². The van der Waals surface area contributed by atoms with Gasteiger partial charge in [-0.3, -0.25) is 9.59 Å². The molecule has 0 aliphatic carbocycles. The van der Waals surface area contributed by atoms with Crippen LogP contribution < -0.4 is 5.32 Å². The Morgan fingerprint density at radius 1 is 1.33 bits per heavy atom. The number of sulfone groups is 1. The molecule has 2 amide bonds. The van der Waals surface area contributed by atoms with Crippen molar-refractivity contribution in [2.24, 2.45) is 0 Å². The second kappa shape index (κ2) is 5.26. The maximum absolute atomic E-state index is 11.7. The standard InChI is InChI=1S/C11H20N2O4S/c1-4-18(16,17)7-5-6-13-9(14)8-12-10(15)11(13,2)3/h4-8H2,1-3H3,(H,12,15). The van der Waals surface area contributed by atoms with Gasteiger partial charge in [0.1, 0.15) is 15.4 Å². The minimum Gasteiger partial charge on any atom is -0.345 e. The summed E-state index contributed by atoms with van der Waals surface area (Å²) in [6.07, 6.45) is 0.360. The van der Waals surface area contributed by atoms with Crippen LogP contribution in [0.1, 0.15) is 27.2 Å². The first-order valence-corrected chi connectivity index (χ1v) is 7.82. The van der Waals surface area contributed by atoms with Gasteiger partial charge in [-0.05, 0) is 20.3 Å². The summed E-state index contributed by atoms with van der Waals surface area (Å²) in [7, 11) is -3.03. The fourth-order valence-electron chi connectivity index (χ4n) is 1.89. The second-order valence-electron chi connectivity index (χ2n) is 4.88. The number of hydrogen-bond donors (Lipinski definition) is 1. The van der Waals surface area contributed by atoms with Gasteiger partial charge in [-0.15, -0.1) is 0 Å². The molecule has 1 saturated heterocycles. The highest BCUT2D eigenvalue weighted by atomic mass is 32.2. The highest BCUT2D eigenvalue weighted by Crippen LogP contribution is 2.18. The first-order valence-electron chi connectivity index (χ1n) is 6.00. The molecule has 7 heteroatoms. The van der Waals surface area contributed by atoms with E-state index >= 15 is 0 Å². The number of nitrogens with zero attached hydrogens (tertiary/aromatic N) is 1. The molecule has 0 atom stereocenters. The van der Waals surface area contributed by atoms with Gasteiger partial charge in [0.05, 0.1) is 12.3 Å². The Balaban J connectivity index is 2.64. The van der Waals surface area contributed by atoms with Gasteiger partial charge in [0.15, 0.2) is 0 Å². The van der Waals surface area contributed by atoms with Crippen molar-refractivity contribution in [1.29, 1.82) is 0 Å². The molecule has 104 valence electrons. The zero-order valence-corrected chi connectivity index (χ0v) is 11.8. The summed E-state index contributed by atoms with van der Waals surface area (Å²) in [6.45, 7) is 5.20. The molecule has 18 heavy (non-hydrogen) atoms. The number of piperazine rings is 1. The highest BCUT2D eigenvalue weighted by molar-refractivity contribution is 7.91. The molecule has 1 aliphatic heterocycles. The Morgan fingerprint density at radius 3 is 2.50 bits per heavy atom. The van der Waals surface area contributed by atoms with Gasteiger partial charge in [-0.1, -0.05) is 6.92 Å². The van der Waals surface area contributed by atoms with Crippen LogP contribution in [0.25, 0.3) is 0 Å². The molecule has 0 aromatic heterocycles. The lowest BCUT2D eigenvalue weighted by Crippen LogP contribution is -2.64. The number of carbonyl (C=O) groups is 2. The Kier molecular flexibility index (Phi) is 4.37. The van der Waals surface area contributed by atoms with E-state index in [1.54, 1.807) is 20.8 Å². The van der Waals surface area contributed by atoms with Gasteiger partial charge >= 0.3 is 0 Å². The molecule has 0 bridgehead atoms. The number of hydrogen-bond acceptors (Lipinski definition) is 4. The summed E-state index contributed by atoms with van der Waals surface area (Å²) < 4.78 is 22.7. The van der Waals surface area contributed by atoms with Crippen LogP contribution in [-0.4, -0.2) is 55.3 Å². The molecule has 0 radical (unpaired) electrons. The van der Waals surface area contributed by atoms with Crippen LogP contribution in [0.15, 0.2) is 0 Å². The third kappa shape index (κ3) is 3.22. The summed E-state index contributed by atoms with van der Waals surface area (Å²) in [5, 5.41) is 2.52. The first kappa shape index (κ1) is 14.9. The molecule has 0 saturated carbocycles. The lowest BCUT2D eigenvalue weighted by Gasteiger charge is -2.41. The Labute approximate surface area is 108 Å². The lowest BCUT2D eigenvalue weighted by atomic mass is 9.98. The zero-order valence-electron chi connectivity index (χ0n) is 11.0. The van der Waals surface area contributed by atoms with Crippen LogP contribution in [0, 0.1) is 0 Å². The van der Waals surface area contributed by atoms with E-state index in [0.717, 1.165) is 0 Å². The van der Waals surface area contributed by atoms with E-state index in [9.17, 15) is 18.0 Å². The summed E-state index contributed by atoms with van der Waals surface area (Å²) in [6, 6.07) is 0. The average Bonchev–Trinajstić information content (AvgIpc) is 2.29. The van der Waals surface area contributed by atoms with Crippen LogP contribution >= 0.6 is 0 Å². The van der Waals surface area contributed by atoms with Crippen molar-refractivity contribution in [2.75, 3.05) is 24.6 Å². The van der Waals surface area contributed by atoms with Crippen molar-refractivity contribution in [1.82, 2.24) is 10.2 Å². The van der Waals surface area contributed by atoms with Crippen molar-refractivity contribution >= 4 is 21.7 Å². The predicted molar refractivity (Wildman–Crippen MR) is 67.7 cm³/mol. The van der Waals surface area contributed by atoms with Crippen LogP contribution in [0.2, 0.25) is 0 Å². The van der Waals surface area contributed by atoms with Gasteiger partial charge in [-0.25, -0.2) is 8.42 Å². The molecule has 1 fully saturated rings. The van der Waals surface area contributed by atoms with Gasteiger partial charge in [0.25, 0.3) is 0 Å². The monoisotopic (exact) mass is 276 g/mol. The number of nitrogens with one attached hydrogen (secondary N) is 1. The van der Waals surface area contributed by atoms with Crippen molar-refractivity contribution in [3.8, 4) is 0 Å². The van der Waals surface area contributed by atoms with E-state index < -0.39 is 15.4 Å². The Hall–Kier alpha value is -1.11. The van der Waals surface area contributed by atoms with Gasteiger partial charge in [0.2, 0.25) is 11.8 Å². The fourth-order valence-corrected chi connectivity index (χ4v) is 2.75. The summed E-state index contributed by atoms with van der Waals surface area (Å²) in [4.78, 5) is 24.9. The van der Waals surface area contributed by atoms with Gasteiger partial charge in [0, 0.05) is 12.3 Å². The second-order valence-corrected chi connectivity index (χ2v) is 7.35. The van der Waals surface area contributed by atoms with E-state index in [0.29, 0.717) is 13.0 Å². The largest absolute Gasteiger partial charge is 0.345 e. The third-order valence-corrected chi connectivity index (χ3v) is 5.00. The highest BCUT2D eigenvalue weighted by Gasteiger charge is 2.41. The first-order chi connectivity index (χ1) is 8.20. The maximum Gasteiger partial charge on any atom is 0.245 e.